The van der Waals surface area contributed by atoms with Gasteiger partial charge in [0.15, 0.2) is 0 Å². The van der Waals surface area contributed by atoms with E-state index in [-0.39, 0.29) is 12.4 Å². The highest BCUT2D eigenvalue weighted by atomic mass is 19.3. The molecule has 92 valence electrons. The normalized spacial score (nSPS) is 10.3. The Bertz CT molecular complexity index is 573. The van der Waals surface area contributed by atoms with Gasteiger partial charge < -0.3 is 5.32 Å². The lowest BCUT2D eigenvalue weighted by atomic mass is 10.3. The number of hydrogen-bond donors (Lipinski definition) is 1. The van der Waals surface area contributed by atoms with Crippen LogP contribution in [-0.2, 0) is 6.54 Å². The van der Waals surface area contributed by atoms with Crippen LogP contribution in [0.1, 0.15) is 17.9 Å². The minimum absolute atomic E-state index is 0.0725. The summed E-state index contributed by atoms with van der Waals surface area (Å²) >= 11 is 0. The molecule has 0 aliphatic heterocycles. The Morgan fingerprint density at radius 2 is 2.22 bits per heavy atom. The van der Waals surface area contributed by atoms with Crippen LogP contribution in [0.5, 0.6) is 0 Å². The Balaban J connectivity index is 2.12. The van der Waals surface area contributed by atoms with Crippen LogP contribution < -0.4 is 5.32 Å². The Labute approximate surface area is 102 Å². The molecule has 0 saturated heterocycles. The van der Waals surface area contributed by atoms with Gasteiger partial charge in [-0.15, -0.1) is 0 Å². The van der Waals surface area contributed by atoms with Gasteiger partial charge in [-0.25, -0.2) is 9.97 Å². The number of aromatic nitrogens is 3. The third-order valence-electron chi connectivity index (χ3n) is 2.30. The van der Waals surface area contributed by atoms with Gasteiger partial charge in [0.05, 0.1) is 12.1 Å². The van der Waals surface area contributed by atoms with E-state index in [9.17, 15) is 8.78 Å². The third-order valence-corrected chi connectivity index (χ3v) is 2.30. The second-order valence-electron chi connectivity index (χ2n) is 3.39. The van der Waals surface area contributed by atoms with E-state index in [1.54, 1.807) is 12.1 Å². The summed E-state index contributed by atoms with van der Waals surface area (Å²) in [5.74, 6) is 0.531. The average molecular weight is 249 g/mol. The first-order valence-electron chi connectivity index (χ1n) is 5.11. The second kappa shape index (κ2) is 5.23. The van der Waals surface area contributed by atoms with Crippen molar-refractivity contribution in [3.63, 3.8) is 0 Å². The number of anilines is 1. The summed E-state index contributed by atoms with van der Waals surface area (Å²) in [6, 6.07) is 5.18. The lowest BCUT2D eigenvalue weighted by molar-refractivity contribution is 0.0673. The van der Waals surface area contributed by atoms with Crippen molar-refractivity contribution in [3.8, 4) is 6.07 Å². The summed E-state index contributed by atoms with van der Waals surface area (Å²) < 4.78 is 25.9. The van der Waals surface area contributed by atoms with Crippen molar-refractivity contribution in [2.24, 2.45) is 0 Å². The fraction of sp³-hybridized carbons (Fsp3) is 0.182. The quantitative estimate of drug-likeness (QED) is 0.901. The molecular formula is C11H9F2N5. The van der Waals surface area contributed by atoms with Crippen molar-refractivity contribution >= 4 is 5.82 Å². The summed E-state index contributed by atoms with van der Waals surface area (Å²) in [5, 5.41) is 11.7. The molecule has 5 nitrogen and oxygen atoms in total. The number of hydrogen-bond acceptors (Lipinski definition) is 4. The van der Waals surface area contributed by atoms with Crippen molar-refractivity contribution < 1.29 is 8.78 Å². The monoisotopic (exact) mass is 249 g/mol. The minimum atomic E-state index is -2.64. The number of nitriles is 1. The van der Waals surface area contributed by atoms with Gasteiger partial charge in [-0.1, -0.05) is 0 Å². The number of halogens is 2. The first-order valence-corrected chi connectivity index (χ1v) is 5.11. The zero-order valence-corrected chi connectivity index (χ0v) is 9.22. The maximum atomic E-state index is 12.6. The SMILES string of the molecule is N#Cc1cccnc1NCc1nccn1C(F)F. The van der Waals surface area contributed by atoms with Crippen LogP contribution in [0.4, 0.5) is 14.6 Å². The molecule has 0 radical (unpaired) electrons. The van der Waals surface area contributed by atoms with Crippen LogP contribution in [0.3, 0.4) is 0 Å². The van der Waals surface area contributed by atoms with Gasteiger partial charge >= 0.3 is 6.55 Å². The van der Waals surface area contributed by atoms with Crippen LogP contribution >= 0.6 is 0 Å². The van der Waals surface area contributed by atoms with Crippen LogP contribution in [0.15, 0.2) is 30.7 Å². The highest BCUT2D eigenvalue weighted by molar-refractivity contribution is 5.51. The fourth-order valence-electron chi connectivity index (χ4n) is 1.46. The standard InChI is InChI=1S/C11H9F2N5/c12-11(13)18-5-4-15-9(18)7-17-10-8(6-14)2-1-3-16-10/h1-5,11H,7H2,(H,16,17). The predicted octanol–water partition coefficient (Wildman–Crippen LogP) is 2.16. The molecule has 2 rings (SSSR count). The molecule has 0 atom stereocenters. The molecule has 0 saturated carbocycles. The molecule has 0 aromatic carbocycles. The summed E-state index contributed by atoms with van der Waals surface area (Å²) in [5.41, 5.74) is 0.354. The van der Waals surface area contributed by atoms with Crippen LogP contribution in [0.25, 0.3) is 0 Å². The number of imidazole rings is 1. The van der Waals surface area contributed by atoms with Gasteiger partial charge in [0, 0.05) is 18.6 Å². The lowest BCUT2D eigenvalue weighted by Crippen LogP contribution is -2.10. The number of nitrogens with zero attached hydrogens (tertiary/aromatic N) is 4. The summed E-state index contributed by atoms with van der Waals surface area (Å²) in [4.78, 5) is 7.78. The summed E-state index contributed by atoms with van der Waals surface area (Å²) in [7, 11) is 0. The first-order chi connectivity index (χ1) is 8.72. The zero-order chi connectivity index (χ0) is 13.0. The average Bonchev–Trinajstić information content (AvgIpc) is 2.85. The molecule has 0 amide bonds. The Hall–Kier alpha value is -2.49. The first kappa shape index (κ1) is 12.0. The van der Waals surface area contributed by atoms with E-state index in [0.29, 0.717) is 11.4 Å². The predicted molar refractivity (Wildman–Crippen MR) is 59.8 cm³/mol. The number of pyridine rings is 1. The number of alkyl halides is 2. The molecule has 0 aliphatic carbocycles. The molecule has 0 spiro atoms. The van der Waals surface area contributed by atoms with Crippen molar-refractivity contribution in [2.45, 2.75) is 13.1 Å². The lowest BCUT2D eigenvalue weighted by Gasteiger charge is -2.08. The molecule has 2 aromatic heterocycles. The van der Waals surface area contributed by atoms with E-state index in [4.69, 9.17) is 5.26 Å². The van der Waals surface area contributed by atoms with E-state index in [1.807, 2.05) is 6.07 Å². The van der Waals surface area contributed by atoms with E-state index in [1.165, 1.54) is 18.6 Å². The van der Waals surface area contributed by atoms with Crippen molar-refractivity contribution in [2.75, 3.05) is 5.32 Å². The summed E-state index contributed by atoms with van der Waals surface area (Å²) in [6.07, 6.45) is 4.01. The van der Waals surface area contributed by atoms with E-state index < -0.39 is 6.55 Å². The number of rotatable bonds is 4. The van der Waals surface area contributed by atoms with Gasteiger partial charge in [0.1, 0.15) is 17.7 Å². The number of nitrogens with one attached hydrogen (secondary N) is 1. The van der Waals surface area contributed by atoms with Gasteiger partial charge in [-0.3, -0.25) is 4.57 Å². The topological polar surface area (TPSA) is 66.5 Å². The zero-order valence-electron chi connectivity index (χ0n) is 9.22. The fourth-order valence-corrected chi connectivity index (χ4v) is 1.46. The summed E-state index contributed by atoms with van der Waals surface area (Å²) in [6.45, 7) is -2.56. The molecule has 0 aliphatic rings. The van der Waals surface area contributed by atoms with Gasteiger partial charge in [0.25, 0.3) is 0 Å². The smallest absolute Gasteiger partial charge is 0.319 e. The molecule has 7 heteroatoms. The Kier molecular flexibility index (Phi) is 3.48. The van der Waals surface area contributed by atoms with Crippen LogP contribution in [0, 0.1) is 11.3 Å². The highest BCUT2D eigenvalue weighted by Gasteiger charge is 2.11. The molecule has 18 heavy (non-hydrogen) atoms. The van der Waals surface area contributed by atoms with Gasteiger partial charge in [0.2, 0.25) is 0 Å². The van der Waals surface area contributed by atoms with Crippen LogP contribution in [-0.4, -0.2) is 14.5 Å². The maximum Gasteiger partial charge on any atom is 0.319 e. The molecular weight excluding hydrogens is 240 g/mol. The maximum absolute atomic E-state index is 12.6. The van der Waals surface area contributed by atoms with Crippen molar-refractivity contribution in [1.29, 1.82) is 5.26 Å². The third kappa shape index (κ3) is 2.43. The second-order valence-corrected chi connectivity index (χ2v) is 3.39. The molecule has 2 aromatic rings. The Morgan fingerprint density at radius 1 is 1.39 bits per heavy atom. The molecule has 0 fully saturated rings. The van der Waals surface area contributed by atoms with E-state index >= 15 is 0 Å². The molecule has 0 bridgehead atoms. The molecule has 0 unspecified atom stereocenters. The van der Waals surface area contributed by atoms with Crippen LogP contribution in [0.2, 0.25) is 0 Å². The Morgan fingerprint density at radius 3 is 2.94 bits per heavy atom. The minimum Gasteiger partial charge on any atom is -0.362 e. The van der Waals surface area contributed by atoms with Crippen molar-refractivity contribution in [3.05, 3.63) is 42.1 Å². The van der Waals surface area contributed by atoms with E-state index in [2.05, 4.69) is 15.3 Å². The van der Waals surface area contributed by atoms with Gasteiger partial charge in [-0.2, -0.15) is 14.0 Å². The van der Waals surface area contributed by atoms with Crippen molar-refractivity contribution in [1.82, 2.24) is 14.5 Å². The largest absolute Gasteiger partial charge is 0.362 e. The molecule has 2 heterocycles. The highest BCUT2D eigenvalue weighted by Crippen LogP contribution is 2.15. The van der Waals surface area contributed by atoms with Gasteiger partial charge in [-0.05, 0) is 12.1 Å². The van der Waals surface area contributed by atoms with E-state index in [0.717, 1.165) is 4.57 Å². The molecule has 1 N–H and O–H groups in total.